The zero-order chi connectivity index (χ0) is 20.8. The van der Waals surface area contributed by atoms with E-state index in [1.807, 2.05) is 0 Å². The molecule has 0 spiro atoms. The minimum atomic E-state index is -0.836. The van der Waals surface area contributed by atoms with Crippen LogP contribution in [-0.4, -0.2) is 46.8 Å². The van der Waals surface area contributed by atoms with Crippen molar-refractivity contribution in [3.63, 3.8) is 0 Å². The molecule has 150 valence electrons. The normalized spacial score (nSPS) is 10.6. The molecule has 0 bridgehead atoms. The summed E-state index contributed by atoms with van der Waals surface area (Å²) in [7, 11) is 0. The summed E-state index contributed by atoms with van der Waals surface area (Å²) in [6, 6.07) is 5.34. The van der Waals surface area contributed by atoms with Crippen LogP contribution in [0.2, 0.25) is 5.15 Å². The Kier molecular flexibility index (Phi) is 7.11. The van der Waals surface area contributed by atoms with Crippen LogP contribution in [0, 0.1) is 12.7 Å². The lowest BCUT2D eigenvalue weighted by molar-refractivity contribution is -0.128. The summed E-state index contributed by atoms with van der Waals surface area (Å²) in [4.78, 5) is 35.5. The fourth-order valence-electron chi connectivity index (χ4n) is 2.29. The largest absolute Gasteiger partial charge is 0.452 e. The van der Waals surface area contributed by atoms with Crippen LogP contribution < -0.4 is 10.6 Å². The highest BCUT2D eigenvalue weighted by molar-refractivity contribution is 6.33. The highest BCUT2D eigenvalue weighted by Gasteiger charge is 2.23. The van der Waals surface area contributed by atoms with Gasteiger partial charge in [-0.25, -0.2) is 13.9 Å². The molecule has 0 saturated heterocycles. The number of carbonyl (C=O) groups is 3. The molecule has 8 nitrogen and oxygen atoms in total. The highest BCUT2D eigenvalue weighted by atomic mass is 35.5. The number of esters is 1. The van der Waals surface area contributed by atoms with Crippen molar-refractivity contribution < 1.29 is 23.5 Å². The molecule has 0 fully saturated rings. The molecular formula is C18H20ClFN4O4. The molecule has 0 saturated carbocycles. The molecule has 1 aromatic heterocycles. The quantitative estimate of drug-likeness (QED) is 0.677. The molecule has 2 N–H and O–H groups in total. The van der Waals surface area contributed by atoms with Gasteiger partial charge in [0, 0.05) is 6.04 Å². The monoisotopic (exact) mass is 410 g/mol. The average Bonchev–Trinajstić information content (AvgIpc) is 2.92. The Morgan fingerprint density at radius 3 is 2.46 bits per heavy atom. The number of aryl methyl sites for hydroxylation is 1. The molecule has 2 aromatic rings. The van der Waals surface area contributed by atoms with E-state index in [2.05, 4.69) is 15.7 Å². The van der Waals surface area contributed by atoms with E-state index in [0.717, 1.165) is 0 Å². The number of rotatable bonds is 7. The Labute approximate surface area is 166 Å². The first-order valence-corrected chi connectivity index (χ1v) is 8.81. The third-order valence-corrected chi connectivity index (χ3v) is 3.86. The maximum Gasteiger partial charge on any atom is 0.343 e. The van der Waals surface area contributed by atoms with Crippen molar-refractivity contribution in [2.24, 2.45) is 0 Å². The number of hydrogen-bond donors (Lipinski definition) is 2. The highest BCUT2D eigenvalue weighted by Crippen LogP contribution is 2.24. The molecule has 28 heavy (non-hydrogen) atoms. The number of aromatic nitrogens is 2. The molecule has 1 aromatic carbocycles. The van der Waals surface area contributed by atoms with Crippen LogP contribution in [0.4, 0.5) is 4.39 Å². The molecule has 0 unspecified atom stereocenters. The summed E-state index contributed by atoms with van der Waals surface area (Å²) >= 11 is 6.22. The number of hydrogen-bond acceptors (Lipinski definition) is 5. The van der Waals surface area contributed by atoms with Crippen LogP contribution in [0.15, 0.2) is 24.3 Å². The molecule has 2 amide bonds. The fraction of sp³-hybridized carbons (Fsp3) is 0.333. The summed E-state index contributed by atoms with van der Waals surface area (Å²) in [5, 5.41) is 9.09. The second kappa shape index (κ2) is 9.32. The summed E-state index contributed by atoms with van der Waals surface area (Å²) < 4.78 is 19.3. The van der Waals surface area contributed by atoms with Crippen LogP contribution in [0.5, 0.6) is 0 Å². The van der Waals surface area contributed by atoms with Gasteiger partial charge < -0.3 is 15.4 Å². The summed E-state index contributed by atoms with van der Waals surface area (Å²) in [6.07, 6.45) is 0. The number of benzene rings is 1. The van der Waals surface area contributed by atoms with E-state index in [9.17, 15) is 18.8 Å². The first kappa shape index (κ1) is 21.4. The molecule has 1 heterocycles. The van der Waals surface area contributed by atoms with E-state index in [1.54, 1.807) is 20.8 Å². The number of halogens is 2. The van der Waals surface area contributed by atoms with Gasteiger partial charge >= 0.3 is 5.97 Å². The van der Waals surface area contributed by atoms with Crippen LogP contribution in [0.1, 0.15) is 29.9 Å². The van der Waals surface area contributed by atoms with Gasteiger partial charge in [-0.1, -0.05) is 11.6 Å². The first-order chi connectivity index (χ1) is 13.2. The minimum absolute atomic E-state index is 0.00339. The summed E-state index contributed by atoms with van der Waals surface area (Å²) in [5.74, 6) is -2.24. The second-order valence-corrected chi connectivity index (χ2v) is 6.57. The molecular weight excluding hydrogens is 391 g/mol. The number of nitrogens with zero attached hydrogens (tertiary/aromatic N) is 2. The van der Waals surface area contributed by atoms with Gasteiger partial charge in [0.05, 0.1) is 17.9 Å². The van der Waals surface area contributed by atoms with Crippen LogP contribution >= 0.6 is 11.6 Å². The van der Waals surface area contributed by atoms with Crippen molar-refractivity contribution >= 4 is 29.4 Å². The van der Waals surface area contributed by atoms with Crippen LogP contribution in [0.3, 0.4) is 0 Å². The fourth-order valence-corrected chi connectivity index (χ4v) is 2.64. The molecule has 0 aliphatic heterocycles. The van der Waals surface area contributed by atoms with Gasteiger partial charge in [0.25, 0.3) is 5.91 Å². The maximum atomic E-state index is 13.1. The van der Waals surface area contributed by atoms with Crippen LogP contribution in [-0.2, 0) is 14.3 Å². The average molecular weight is 411 g/mol. The lowest BCUT2D eigenvalue weighted by Gasteiger charge is -2.09. The topological polar surface area (TPSA) is 102 Å². The number of carbonyl (C=O) groups excluding carboxylic acids is 3. The van der Waals surface area contributed by atoms with E-state index < -0.39 is 24.3 Å². The first-order valence-electron chi connectivity index (χ1n) is 8.43. The molecule has 0 atom stereocenters. The lowest BCUT2D eigenvalue weighted by atomic mass is 10.2. The third-order valence-electron chi connectivity index (χ3n) is 3.51. The van der Waals surface area contributed by atoms with Gasteiger partial charge in [-0.15, -0.1) is 0 Å². The van der Waals surface area contributed by atoms with Gasteiger partial charge in [0.2, 0.25) is 5.91 Å². The molecule has 2 rings (SSSR count). The predicted molar refractivity (Wildman–Crippen MR) is 99.8 cm³/mol. The molecule has 0 aliphatic carbocycles. The predicted octanol–water partition coefficient (Wildman–Crippen LogP) is 1.77. The Balaban J connectivity index is 1.98. The van der Waals surface area contributed by atoms with E-state index in [-0.39, 0.29) is 34.9 Å². The van der Waals surface area contributed by atoms with Crippen molar-refractivity contribution in [2.45, 2.75) is 26.8 Å². The molecule has 10 heteroatoms. The number of ether oxygens (including phenoxy) is 1. The zero-order valence-corrected chi connectivity index (χ0v) is 16.3. The van der Waals surface area contributed by atoms with E-state index >= 15 is 0 Å². The summed E-state index contributed by atoms with van der Waals surface area (Å²) in [5.41, 5.74) is 0.745. The van der Waals surface area contributed by atoms with Crippen molar-refractivity contribution in [1.29, 1.82) is 0 Å². The molecule has 0 radical (unpaired) electrons. The Bertz CT molecular complexity index is 880. The molecule has 0 aliphatic rings. The smallest absolute Gasteiger partial charge is 0.343 e. The van der Waals surface area contributed by atoms with Crippen molar-refractivity contribution in [3.05, 3.63) is 46.5 Å². The van der Waals surface area contributed by atoms with Gasteiger partial charge in [-0.05, 0) is 45.0 Å². The maximum absolute atomic E-state index is 13.1. The Morgan fingerprint density at radius 1 is 1.21 bits per heavy atom. The van der Waals surface area contributed by atoms with E-state index in [1.165, 1.54) is 28.9 Å². The van der Waals surface area contributed by atoms with Gasteiger partial charge in [0.15, 0.2) is 6.61 Å². The standard InChI is InChI=1S/C18H20ClFN4O4/c1-10(2)22-14(25)8-21-15(26)9-28-18(27)16-11(3)23-24(17(16)19)13-6-4-12(20)5-7-13/h4-7,10H,8-9H2,1-3H3,(H,21,26)(H,22,25). The number of amides is 2. The third kappa shape index (κ3) is 5.53. The zero-order valence-electron chi connectivity index (χ0n) is 15.6. The van der Waals surface area contributed by atoms with E-state index in [0.29, 0.717) is 5.69 Å². The second-order valence-electron chi connectivity index (χ2n) is 6.21. The number of nitrogens with one attached hydrogen (secondary N) is 2. The van der Waals surface area contributed by atoms with Crippen molar-refractivity contribution in [3.8, 4) is 5.69 Å². The summed E-state index contributed by atoms with van der Waals surface area (Å²) in [6.45, 7) is 4.33. The van der Waals surface area contributed by atoms with Gasteiger partial charge in [-0.2, -0.15) is 5.10 Å². The lowest BCUT2D eigenvalue weighted by Crippen LogP contribution is -2.41. The van der Waals surface area contributed by atoms with Crippen LogP contribution in [0.25, 0.3) is 5.69 Å². The van der Waals surface area contributed by atoms with Crippen molar-refractivity contribution in [2.75, 3.05) is 13.2 Å². The SMILES string of the molecule is Cc1nn(-c2ccc(F)cc2)c(Cl)c1C(=O)OCC(=O)NCC(=O)NC(C)C. The van der Waals surface area contributed by atoms with Gasteiger partial charge in [0.1, 0.15) is 16.5 Å². The minimum Gasteiger partial charge on any atom is -0.452 e. The van der Waals surface area contributed by atoms with Gasteiger partial charge in [-0.3, -0.25) is 9.59 Å². The van der Waals surface area contributed by atoms with Crippen molar-refractivity contribution in [1.82, 2.24) is 20.4 Å². The van der Waals surface area contributed by atoms with E-state index in [4.69, 9.17) is 16.3 Å². The Morgan fingerprint density at radius 2 is 1.86 bits per heavy atom. The Hall–Kier alpha value is -2.94.